The zero-order valence-electron chi connectivity index (χ0n) is 18.8. The minimum atomic E-state index is -0.367. The molecule has 1 aliphatic heterocycles. The van der Waals surface area contributed by atoms with E-state index in [0.717, 1.165) is 23.5 Å². The van der Waals surface area contributed by atoms with Crippen LogP contribution in [0.4, 0.5) is 5.82 Å². The summed E-state index contributed by atoms with van der Waals surface area (Å²) in [6.07, 6.45) is 4.83. The largest absolute Gasteiger partial charge is 0.462 e. The second-order valence-electron chi connectivity index (χ2n) is 7.53. The predicted octanol–water partition coefficient (Wildman–Crippen LogP) is 4.37. The molecule has 3 rings (SSSR count). The Labute approximate surface area is 198 Å². The second kappa shape index (κ2) is 10.4. The molecule has 0 aliphatic carbocycles. The van der Waals surface area contributed by atoms with Gasteiger partial charge in [-0.1, -0.05) is 23.2 Å². The maximum Gasteiger partial charge on any atom is 0.340 e. The summed E-state index contributed by atoms with van der Waals surface area (Å²) in [5.41, 5.74) is 3.03. The Morgan fingerprint density at radius 2 is 1.81 bits per heavy atom. The maximum atomic E-state index is 12.8. The molecule has 9 heteroatoms. The van der Waals surface area contributed by atoms with Crippen LogP contribution in [0.15, 0.2) is 18.3 Å². The van der Waals surface area contributed by atoms with Crippen molar-refractivity contribution in [1.82, 2.24) is 14.5 Å². The number of anilines is 1. The van der Waals surface area contributed by atoms with Crippen LogP contribution in [0.2, 0.25) is 10.0 Å². The summed E-state index contributed by atoms with van der Waals surface area (Å²) in [5.74, 6) is 0.203. The first-order valence-corrected chi connectivity index (χ1v) is 11.4. The van der Waals surface area contributed by atoms with Crippen LogP contribution in [-0.4, -0.2) is 59.1 Å². The SMILES string of the molecule is CCOC(=O)c1c(/C=C/C(=O)N2CCN(c3ncc(Cl)cc3Cl)CC2)c(C)n(CC)c1C. The highest BCUT2D eigenvalue weighted by molar-refractivity contribution is 6.36. The molecule has 172 valence electrons. The Kier molecular flexibility index (Phi) is 7.85. The van der Waals surface area contributed by atoms with Gasteiger partial charge in [0.1, 0.15) is 5.82 Å². The average molecular weight is 479 g/mol. The molecule has 0 bridgehead atoms. The zero-order valence-corrected chi connectivity index (χ0v) is 20.3. The van der Waals surface area contributed by atoms with E-state index in [9.17, 15) is 9.59 Å². The van der Waals surface area contributed by atoms with Crippen molar-refractivity contribution in [1.29, 1.82) is 0 Å². The molecule has 0 atom stereocenters. The van der Waals surface area contributed by atoms with Gasteiger partial charge in [0, 0.05) is 61.9 Å². The summed E-state index contributed by atoms with van der Waals surface area (Å²) in [7, 11) is 0. The van der Waals surface area contributed by atoms with Crippen molar-refractivity contribution in [2.45, 2.75) is 34.2 Å². The van der Waals surface area contributed by atoms with Crippen LogP contribution in [0.1, 0.15) is 41.2 Å². The van der Waals surface area contributed by atoms with Crippen LogP contribution >= 0.6 is 23.2 Å². The van der Waals surface area contributed by atoms with Crippen LogP contribution in [0, 0.1) is 13.8 Å². The molecule has 0 saturated carbocycles. The van der Waals surface area contributed by atoms with Crippen molar-refractivity contribution < 1.29 is 14.3 Å². The fourth-order valence-electron chi connectivity index (χ4n) is 4.09. The van der Waals surface area contributed by atoms with E-state index in [-0.39, 0.29) is 11.9 Å². The monoisotopic (exact) mass is 478 g/mol. The normalized spacial score (nSPS) is 14.3. The summed E-state index contributed by atoms with van der Waals surface area (Å²) >= 11 is 12.2. The van der Waals surface area contributed by atoms with E-state index in [2.05, 4.69) is 9.55 Å². The lowest BCUT2D eigenvalue weighted by Crippen LogP contribution is -2.48. The number of amides is 1. The first-order chi connectivity index (χ1) is 15.3. The number of rotatable bonds is 6. The van der Waals surface area contributed by atoms with Gasteiger partial charge >= 0.3 is 5.97 Å². The molecule has 1 amide bonds. The Morgan fingerprint density at radius 3 is 2.41 bits per heavy atom. The number of nitrogens with zero attached hydrogens (tertiary/aromatic N) is 4. The minimum Gasteiger partial charge on any atom is -0.462 e. The molecule has 0 unspecified atom stereocenters. The molecule has 1 fully saturated rings. The summed E-state index contributed by atoms with van der Waals surface area (Å²) < 4.78 is 7.30. The van der Waals surface area contributed by atoms with Gasteiger partial charge in [-0.15, -0.1) is 0 Å². The van der Waals surface area contributed by atoms with E-state index < -0.39 is 0 Å². The van der Waals surface area contributed by atoms with Crippen LogP contribution in [0.25, 0.3) is 6.08 Å². The Hall–Kier alpha value is -2.51. The molecule has 2 aromatic rings. The van der Waals surface area contributed by atoms with E-state index >= 15 is 0 Å². The third kappa shape index (κ3) is 4.94. The molecular weight excluding hydrogens is 451 g/mol. The number of aromatic nitrogens is 2. The van der Waals surface area contributed by atoms with Gasteiger partial charge in [-0.3, -0.25) is 4.79 Å². The lowest BCUT2D eigenvalue weighted by atomic mass is 10.1. The van der Waals surface area contributed by atoms with E-state index in [1.165, 1.54) is 6.08 Å². The number of halogens is 2. The second-order valence-corrected chi connectivity index (χ2v) is 8.37. The molecule has 7 nitrogen and oxygen atoms in total. The molecule has 32 heavy (non-hydrogen) atoms. The van der Waals surface area contributed by atoms with Gasteiger partial charge in [0.15, 0.2) is 0 Å². The molecule has 1 saturated heterocycles. The van der Waals surface area contributed by atoms with Gasteiger partial charge in [-0.2, -0.15) is 0 Å². The topological polar surface area (TPSA) is 67.7 Å². The van der Waals surface area contributed by atoms with Crippen LogP contribution in [0.3, 0.4) is 0 Å². The zero-order chi connectivity index (χ0) is 23.4. The van der Waals surface area contributed by atoms with E-state index in [1.807, 2.05) is 25.7 Å². The van der Waals surface area contributed by atoms with Gasteiger partial charge in [0.05, 0.1) is 22.2 Å². The van der Waals surface area contributed by atoms with E-state index in [0.29, 0.717) is 54.2 Å². The number of ether oxygens (including phenoxy) is 1. The Balaban J connectivity index is 1.73. The molecule has 2 aromatic heterocycles. The van der Waals surface area contributed by atoms with Crippen molar-refractivity contribution in [3.8, 4) is 0 Å². The van der Waals surface area contributed by atoms with Crippen molar-refractivity contribution >= 4 is 47.0 Å². The molecular formula is C23H28Cl2N4O3. The number of carbonyl (C=O) groups is 2. The lowest BCUT2D eigenvalue weighted by molar-refractivity contribution is -0.126. The van der Waals surface area contributed by atoms with Crippen molar-refractivity contribution in [3.05, 3.63) is 50.9 Å². The summed E-state index contributed by atoms with van der Waals surface area (Å²) in [5, 5.41) is 0.984. The van der Waals surface area contributed by atoms with E-state index in [4.69, 9.17) is 27.9 Å². The van der Waals surface area contributed by atoms with Gasteiger partial charge in [-0.25, -0.2) is 9.78 Å². The highest BCUT2D eigenvalue weighted by Crippen LogP contribution is 2.27. The summed E-state index contributed by atoms with van der Waals surface area (Å²) in [6.45, 7) is 11.0. The van der Waals surface area contributed by atoms with E-state index in [1.54, 1.807) is 30.2 Å². The highest BCUT2D eigenvalue weighted by Gasteiger charge is 2.24. The minimum absolute atomic E-state index is 0.101. The first-order valence-electron chi connectivity index (χ1n) is 10.7. The highest BCUT2D eigenvalue weighted by atomic mass is 35.5. The standard InChI is InChI=1S/C23H28Cl2N4O3/c1-5-29-15(3)18(21(16(29)4)23(31)32-6-2)7-8-20(30)27-9-11-28(12-10-27)22-19(25)13-17(24)14-26-22/h7-8,13-14H,5-6,9-12H2,1-4H3/b8-7+. The number of hydrogen-bond donors (Lipinski definition) is 0. The van der Waals surface area contributed by atoms with Gasteiger partial charge in [0.2, 0.25) is 5.91 Å². The molecule has 0 spiro atoms. The number of pyridine rings is 1. The quantitative estimate of drug-likeness (QED) is 0.455. The lowest BCUT2D eigenvalue weighted by Gasteiger charge is -2.35. The number of carbonyl (C=O) groups excluding carboxylic acids is 2. The fourth-order valence-corrected chi connectivity index (χ4v) is 4.59. The molecule has 0 N–H and O–H groups in total. The van der Waals surface area contributed by atoms with Crippen molar-refractivity contribution in [3.63, 3.8) is 0 Å². The molecule has 0 aromatic carbocycles. The fraction of sp³-hybridized carbons (Fsp3) is 0.435. The average Bonchev–Trinajstić information content (AvgIpc) is 3.01. The smallest absolute Gasteiger partial charge is 0.340 e. The van der Waals surface area contributed by atoms with Gasteiger partial charge in [0.25, 0.3) is 0 Å². The first kappa shape index (κ1) is 24.1. The van der Waals surface area contributed by atoms with Gasteiger partial charge in [-0.05, 0) is 39.8 Å². The molecule has 1 aliphatic rings. The maximum absolute atomic E-state index is 12.8. The van der Waals surface area contributed by atoms with Crippen molar-refractivity contribution in [2.24, 2.45) is 0 Å². The number of piperazine rings is 1. The summed E-state index contributed by atoms with van der Waals surface area (Å²) in [4.78, 5) is 33.5. The van der Waals surface area contributed by atoms with Crippen molar-refractivity contribution in [2.75, 3.05) is 37.7 Å². The molecule has 0 radical (unpaired) electrons. The third-order valence-electron chi connectivity index (χ3n) is 5.70. The Morgan fingerprint density at radius 1 is 1.12 bits per heavy atom. The van der Waals surface area contributed by atoms with Crippen LogP contribution in [0.5, 0.6) is 0 Å². The van der Waals surface area contributed by atoms with Crippen LogP contribution < -0.4 is 4.90 Å². The predicted molar refractivity (Wildman–Crippen MR) is 128 cm³/mol. The summed E-state index contributed by atoms with van der Waals surface area (Å²) in [6, 6.07) is 1.67. The third-order valence-corrected chi connectivity index (χ3v) is 6.18. The van der Waals surface area contributed by atoms with Crippen LogP contribution in [-0.2, 0) is 16.1 Å². The Bertz CT molecular complexity index is 1040. The molecule has 3 heterocycles. The number of esters is 1. The van der Waals surface area contributed by atoms with Gasteiger partial charge < -0.3 is 19.1 Å². The number of hydrogen-bond acceptors (Lipinski definition) is 5.